The van der Waals surface area contributed by atoms with Crippen LogP contribution in [0.1, 0.15) is 86.8 Å². The molecule has 0 aromatic carbocycles. The molecule has 10 nitrogen and oxygen atoms in total. The number of aliphatic hydroxyl groups is 1. The Morgan fingerprint density at radius 2 is 1.98 bits per heavy atom. The zero-order valence-corrected chi connectivity index (χ0v) is 26.4. The average molecular weight is 602 g/mol. The van der Waals surface area contributed by atoms with Crippen LogP contribution in [0.15, 0.2) is 29.7 Å². The minimum absolute atomic E-state index is 0.0742. The Labute approximate surface area is 258 Å². The van der Waals surface area contributed by atoms with Crippen LogP contribution in [0.4, 0.5) is 10.8 Å². The van der Waals surface area contributed by atoms with Gasteiger partial charge in [-0.2, -0.15) is 5.26 Å². The van der Waals surface area contributed by atoms with Crippen molar-refractivity contribution >= 4 is 33.6 Å². The van der Waals surface area contributed by atoms with E-state index < -0.39 is 5.41 Å². The summed E-state index contributed by atoms with van der Waals surface area (Å²) in [4.78, 5) is 15.4. The van der Waals surface area contributed by atoms with Gasteiger partial charge in [0.1, 0.15) is 28.4 Å². The number of nitriles is 1. The summed E-state index contributed by atoms with van der Waals surface area (Å²) in [5, 5.41) is 43.5. The molecule has 228 valence electrons. The predicted molar refractivity (Wildman–Crippen MR) is 174 cm³/mol. The molecule has 2 atom stereocenters. The number of rotatable bonds is 7. The first-order valence-electron chi connectivity index (χ1n) is 15.3. The van der Waals surface area contributed by atoms with Crippen LogP contribution < -0.4 is 16.0 Å². The molecule has 0 saturated carbocycles. The van der Waals surface area contributed by atoms with Gasteiger partial charge in [-0.15, -0.1) is 11.3 Å². The van der Waals surface area contributed by atoms with Gasteiger partial charge in [-0.1, -0.05) is 0 Å². The van der Waals surface area contributed by atoms with Crippen molar-refractivity contribution in [1.82, 2.24) is 20.2 Å². The number of hydrogen-bond donors (Lipinski definition) is 5. The fourth-order valence-corrected chi connectivity index (χ4v) is 8.17. The molecule has 0 amide bonds. The minimum Gasteiger partial charge on any atom is -0.511 e. The number of fused-ring (bicyclic) bond motifs is 2. The lowest BCUT2D eigenvalue weighted by Gasteiger charge is -2.41. The van der Waals surface area contributed by atoms with Gasteiger partial charge in [0.2, 0.25) is 0 Å². The number of allylic oxidation sites excluding steroid dienone is 3. The summed E-state index contributed by atoms with van der Waals surface area (Å²) in [6, 6.07) is 4.77. The van der Waals surface area contributed by atoms with Gasteiger partial charge in [0.05, 0.1) is 22.4 Å². The number of aromatic nitrogens is 2. The van der Waals surface area contributed by atoms with E-state index in [1.54, 1.807) is 19.3 Å². The molecule has 5 rings (SSSR count). The molecule has 0 radical (unpaired) electrons. The molecule has 1 saturated heterocycles. The van der Waals surface area contributed by atoms with Crippen LogP contribution in [0.25, 0.3) is 0 Å². The minimum atomic E-state index is -0.727. The fourth-order valence-electron chi connectivity index (χ4n) is 7.01. The molecule has 1 fully saturated rings. The average Bonchev–Trinajstić information content (AvgIpc) is 3.20. The van der Waals surface area contributed by atoms with Crippen molar-refractivity contribution in [2.24, 2.45) is 0 Å². The second-order valence-electron chi connectivity index (χ2n) is 12.2. The van der Waals surface area contributed by atoms with Crippen LogP contribution in [0.5, 0.6) is 0 Å². The van der Waals surface area contributed by atoms with Crippen molar-refractivity contribution in [2.75, 3.05) is 37.3 Å². The van der Waals surface area contributed by atoms with Gasteiger partial charge < -0.3 is 21.1 Å². The molecule has 3 heterocycles. The summed E-state index contributed by atoms with van der Waals surface area (Å²) in [5.74, 6) is 1.04. The van der Waals surface area contributed by atoms with Gasteiger partial charge in [0.25, 0.3) is 0 Å². The standard InChI is InChI=1S/C32H43N9OS/c1-19(2)40-14-7-15-41(20(3)18-40)26-16-24(23(34)10-13-37-4)38-31(39-26)28(35)21-8-5-11-32(29(21)42)12-6-9-25-27(32)22(17-33)30(36)43-25/h10,13,16,19-20,34-35,37,42H,5-9,11-12,14-15,18,36H2,1-4H3/b13-10-,34-23?,35-28?/t20-,32-/m0/s1. The quantitative estimate of drug-likeness (QED) is 0.276. The number of aliphatic hydroxyl groups excluding tert-OH is 1. The van der Waals surface area contributed by atoms with E-state index in [0.717, 1.165) is 55.8 Å². The SMILES string of the molecule is CN/C=C\C(=N)c1cc(N2CCCN(C(C)C)C[C@@H]2C)nc(C(=N)C2=C(O)[C@@]3(CCC2)CCCc2sc(N)c(C#N)c23)n1. The third-order valence-electron chi connectivity index (χ3n) is 9.21. The lowest BCUT2D eigenvalue weighted by atomic mass is 9.63. The number of hydrogen-bond acceptors (Lipinski definition) is 11. The van der Waals surface area contributed by atoms with Crippen LogP contribution in [0.2, 0.25) is 0 Å². The monoisotopic (exact) mass is 601 g/mol. The van der Waals surface area contributed by atoms with Gasteiger partial charge in [-0.05, 0) is 83.6 Å². The second-order valence-corrected chi connectivity index (χ2v) is 13.3. The first kappa shape index (κ1) is 30.7. The number of aryl methyl sites for hydroxylation is 1. The highest BCUT2D eigenvalue weighted by Crippen LogP contribution is 2.54. The van der Waals surface area contributed by atoms with Gasteiger partial charge in [-0.25, -0.2) is 9.97 Å². The first-order valence-corrected chi connectivity index (χ1v) is 16.1. The van der Waals surface area contributed by atoms with Crippen LogP contribution in [-0.2, 0) is 11.8 Å². The van der Waals surface area contributed by atoms with E-state index in [4.69, 9.17) is 21.1 Å². The summed E-state index contributed by atoms with van der Waals surface area (Å²) >= 11 is 1.45. The molecule has 2 aromatic heterocycles. The topological polar surface area (TPSA) is 162 Å². The number of nitrogen functional groups attached to an aromatic ring is 1. The summed E-state index contributed by atoms with van der Waals surface area (Å²) in [6.07, 6.45) is 8.73. The van der Waals surface area contributed by atoms with Crippen molar-refractivity contribution in [3.8, 4) is 6.07 Å². The van der Waals surface area contributed by atoms with Crippen LogP contribution in [0, 0.1) is 22.1 Å². The van der Waals surface area contributed by atoms with Crippen molar-refractivity contribution in [1.29, 1.82) is 16.1 Å². The van der Waals surface area contributed by atoms with Crippen molar-refractivity contribution < 1.29 is 5.11 Å². The zero-order valence-electron chi connectivity index (χ0n) is 25.6. The highest BCUT2D eigenvalue weighted by molar-refractivity contribution is 7.16. The number of nitrogens with two attached hydrogens (primary N) is 1. The van der Waals surface area contributed by atoms with Crippen LogP contribution >= 0.6 is 11.3 Å². The maximum Gasteiger partial charge on any atom is 0.180 e. The Morgan fingerprint density at radius 1 is 1.23 bits per heavy atom. The largest absolute Gasteiger partial charge is 0.511 e. The van der Waals surface area contributed by atoms with Crippen molar-refractivity contribution in [3.05, 3.63) is 57.2 Å². The lowest BCUT2D eigenvalue weighted by Crippen LogP contribution is -2.42. The normalized spacial score (nSPS) is 23.0. The molecule has 2 aliphatic carbocycles. The molecule has 43 heavy (non-hydrogen) atoms. The van der Waals surface area contributed by atoms with E-state index in [-0.39, 0.29) is 29.0 Å². The molecule has 2 aromatic rings. The molecule has 1 aliphatic heterocycles. The highest BCUT2D eigenvalue weighted by atomic mass is 32.1. The molecule has 1 spiro atoms. The molecule has 11 heteroatoms. The maximum absolute atomic E-state index is 12.0. The number of thiophene rings is 1. The summed E-state index contributed by atoms with van der Waals surface area (Å²) in [7, 11) is 1.78. The Bertz CT molecular complexity index is 1520. The van der Waals surface area contributed by atoms with E-state index in [9.17, 15) is 15.8 Å². The fraction of sp³-hybridized carbons (Fsp3) is 0.531. The number of nitrogens with zero attached hydrogens (tertiary/aromatic N) is 5. The Balaban J connectivity index is 1.59. The van der Waals surface area contributed by atoms with Crippen LogP contribution in [0.3, 0.4) is 0 Å². The summed E-state index contributed by atoms with van der Waals surface area (Å²) < 4.78 is 0. The van der Waals surface area contributed by atoms with Gasteiger partial charge in [0, 0.05) is 55.3 Å². The van der Waals surface area contributed by atoms with Crippen molar-refractivity contribution in [3.63, 3.8) is 0 Å². The van der Waals surface area contributed by atoms with E-state index in [1.807, 2.05) is 6.07 Å². The van der Waals surface area contributed by atoms with Crippen LogP contribution in [-0.4, -0.2) is 70.2 Å². The highest BCUT2D eigenvalue weighted by Gasteiger charge is 2.47. The molecule has 6 N–H and O–H groups in total. The van der Waals surface area contributed by atoms with E-state index >= 15 is 0 Å². The van der Waals surface area contributed by atoms with E-state index in [1.165, 1.54) is 11.3 Å². The Morgan fingerprint density at radius 3 is 2.67 bits per heavy atom. The molecular formula is C32H43N9OS. The zero-order chi connectivity index (χ0) is 30.9. The summed E-state index contributed by atoms with van der Waals surface area (Å²) in [6.45, 7) is 9.33. The lowest BCUT2D eigenvalue weighted by molar-refractivity contribution is 0.224. The van der Waals surface area contributed by atoms with Gasteiger partial charge >= 0.3 is 0 Å². The van der Waals surface area contributed by atoms with E-state index in [2.05, 4.69) is 42.0 Å². The Hall–Kier alpha value is -3.75. The van der Waals surface area contributed by atoms with Gasteiger partial charge in [-0.3, -0.25) is 15.7 Å². The van der Waals surface area contributed by atoms with Gasteiger partial charge in [0.15, 0.2) is 5.82 Å². The Kier molecular flexibility index (Phi) is 8.90. The third kappa shape index (κ3) is 5.66. The predicted octanol–water partition coefficient (Wildman–Crippen LogP) is 5.04. The third-order valence-corrected chi connectivity index (χ3v) is 10.3. The van der Waals surface area contributed by atoms with E-state index in [0.29, 0.717) is 53.0 Å². The van der Waals surface area contributed by atoms with Crippen molar-refractivity contribution in [2.45, 2.75) is 83.2 Å². The smallest absolute Gasteiger partial charge is 0.180 e. The number of nitrogens with one attached hydrogen (secondary N) is 3. The summed E-state index contributed by atoms with van der Waals surface area (Å²) in [5.41, 5.74) is 8.09. The molecule has 3 aliphatic rings. The number of anilines is 2. The second kappa shape index (κ2) is 12.5. The first-order chi connectivity index (χ1) is 20.6. The molecule has 0 unspecified atom stereocenters. The maximum atomic E-state index is 12.0. The molecule has 0 bridgehead atoms. The molecular weight excluding hydrogens is 558 g/mol.